The molecule has 0 bridgehead atoms. The minimum absolute atomic E-state index is 0.143. The van der Waals surface area contributed by atoms with Gasteiger partial charge in [-0.3, -0.25) is 4.68 Å². The normalized spacial score (nSPS) is 14.9. The van der Waals surface area contributed by atoms with Gasteiger partial charge in [0, 0.05) is 72.1 Å². The molecule has 0 aliphatic carbocycles. The monoisotopic (exact) mass is 425 g/mol. The molecule has 160 valence electrons. The van der Waals surface area contributed by atoms with Gasteiger partial charge < -0.3 is 14.5 Å². The van der Waals surface area contributed by atoms with Gasteiger partial charge in [-0.2, -0.15) is 5.10 Å². The fraction of sp³-hybridized carbons (Fsp3) is 0.240. The van der Waals surface area contributed by atoms with Crippen LogP contribution in [0.5, 0.6) is 5.88 Å². The van der Waals surface area contributed by atoms with Crippen LogP contribution >= 0.6 is 0 Å². The first-order valence-electron chi connectivity index (χ1n) is 10.8. The van der Waals surface area contributed by atoms with Crippen molar-refractivity contribution in [2.75, 3.05) is 13.2 Å². The minimum atomic E-state index is 0.143. The molecular formula is C25H23N5O2. The molecule has 1 aliphatic heterocycles. The standard InChI is InChI=1S/C25H23N5O2/c1-30-15-17(13-29-30)16-11-22-23(14-28-24(22)27-12-16)19-3-2-4-21-20(19)5-8-26-25(21)32-18-6-9-31-10-7-18/h2-5,8,11-15,18H,6-7,9-10H2,1H3,(H,27,28). The molecule has 0 atom stereocenters. The van der Waals surface area contributed by atoms with Gasteiger partial charge >= 0.3 is 0 Å². The van der Waals surface area contributed by atoms with E-state index in [1.165, 1.54) is 0 Å². The number of ether oxygens (including phenoxy) is 2. The number of fused-ring (bicyclic) bond motifs is 2. The average molecular weight is 425 g/mol. The number of H-pyrrole nitrogens is 1. The zero-order valence-corrected chi connectivity index (χ0v) is 17.8. The zero-order valence-electron chi connectivity index (χ0n) is 17.8. The van der Waals surface area contributed by atoms with Gasteiger partial charge in [0.15, 0.2) is 0 Å². The fourth-order valence-corrected chi connectivity index (χ4v) is 4.42. The molecule has 5 heterocycles. The summed E-state index contributed by atoms with van der Waals surface area (Å²) >= 11 is 0. The third kappa shape index (κ3) is 3.31. The average Bonchev–Trinajstić information content (AvgIpc) is 3.45. The molecule has 4 aromatic heterocycles. The molecule has 1 N–H and O–H groups in total. The number of hydrogen-bond donors (Lipinski definition) is 1. The second kappa shape index (κ2) is 7.76. The van der Waals surface area contributed by atoms with E-state index in [9.17, 15) is 0 Å². The highest BCUT2D eigenvalue weighted by Crippen LogP contribution is 2.37. The molecule has 7 heteroatoms. The van der Waals surface area contributed by atoms with Crippen LogP contribution in [0.25, 0.3) is 44.1 Å². The van der Waals surface area contributed by atoms with Gasteiger partial charge in [-0.15, -0.1) is 0 Å². The van der Waals surface area contributed by atoms with Gasteiger partial charge in [-0.1, -0.05) is 12.1 Å². The molecule has 1 fully saturated rings. The lowest BCUT2D eigenvalue weighted by atomic mass is 9.98. The maximum atomic E-state index is 6.29. The van der Waals surface area contributed by atoms with Crippen LogP contribution in [-0.2, 0) is 11.8 Å². The summed E-state index contributed by atoms with van der Waals surface area (Å²) in [5, 5.41) is 7.49. The number of benzene rings is 1. The van der Waals surface area contributed by atoms with E-state index in [1.807, 2.05) is 38.0 Å². The number of aryl methyl sites for hydroxylation is 1. The summed E-state index contributed by atoms with van der Waals surface area (Å²) in [6, 6.07) is 10.5. The van der Waals surface area contributed by atoms with E-state index in [4.69, 9.17) is 9.47 Å². The largest absolute Gasteiger partial charge is 0.474 e. The number of aromatic nitrogens is 5. The Kier molecular flexibility index (Phi) is 4.61. The number of rotatable bonds is 4. The third-order valence-electron chi connectivity index (χ3n) is 6.08. The van der Waals surface area contributed by atoms with Gasteiger partial charge in [0.25, 0.3) is 0 Å². The van der Waals surface area contributed by atoms with Gasteiger partial charge in [-0.25, -0.2) is 9.97 Å². The van der Waals surface area contributed by atoms with Crippen molar-refractivity contribution in [2.24, 2.45) is 7.05 Å². The molecule has 0 amide bonds. The van der Waals surface area contributed by atoms with Crippen molar-refractivity contribution < 1.29 is 9.47 Å². The summed E-state index contributed by atoms with van der Waals surface area (Å²) in [5.41, 5.74) is 5.17. The van der Waals surface area contributed by atoms with Gasteiger partial charge in [0.05, 0.1) is 19.4 Å². The molecule has 0 radical (unpaired) electrons. The summed E-state index contributed by atoms with van der Waals surface area (Å²) in [7, 11) is 1.92. The molecule has 0 saturated carbocycles. The van der Waals surface area contributed by atoms with Gasteiger partial charge in [0.2, 0.25) is 5.88 Å². The SMILES string of the molecule is Cn1cc(-c2cnc3[nH]cc(-c4cccc5c(OC6CCOCC6)nccc45)c3c2)cn1. The van der Waals surface area contributed by atoms with E-state index >= 15 is 0 Å². The molecule has 0 unspecified atom stereocenters. The summed E-state index contributed by atoms with van der Waals surface area (Å²) in [6.45, 7) is 1.48. The van der Waals surface area contributed by atoms with Crippen molar-refractivity contribution >= 4 is 21.8 Å². The van der Waals surface area contributed by atoms with Gasteiger partial charge in [0.1, 0.15) is 11.8 Å². The smallest absolute Gasteiger partial charge is 0.221 e. The van der Waals surface area contributed by atoms with Crippen molar-refractivity contribution in [1.29, 1.82) is 0 Å². The van der Waals surface area contributed by atoms with Crippen molar-refractivity contribution in [3.05, 3.63) is 61.3 Å². The maximum absolute atomic E-state index is 6.29. The maximum Gasteiger partial charge on any atom is 0.221 e. The van der Waals surface area contributed by atoms with Gasteiger partial charge in [-0.05, 0) is 29.1 Å². The molecule has 1 aromatic carbocycles. The van der Waals surface area contributed by atoms with E-state index < -0.39 is 0 Å². The molecule has 0 spiro atoms. The van der Waals surface area contributed by atoms with Crippen LogP contribution in [0.15, 0.2) is 61.3 Å². The Morgan fingerprint density at radius 1 is 1.00 bits per heavy atom. The Bertz CT molecular complexity index is 1410. The molecule has 5 aromatic rings. The first-order chi connectivity index (χ1) is 15.8. The first-order valence-corrected chi connectivity index (χ1v) is 10.8. The van der Waals surface area contributed by atoms with Crippen molar-refractivity contribution in [1.82, 2.24) is 24.7 Å². The quantitative estimate of drug-likeness (QED) is 0.450. The number of aromatic amines is 1. The summed E-state index contributed by atoms with van der Waals surface area (Å²) in [6.07, 6.45) is 11.5. The zero-order chi connectivity index (χ0) is 21.5. The van der Waals surface area contributed by atoms with Crippen LogP contribution in [-0.4, -0.2) is 44.1 Å². The van der Waals surface area contributed by atoms with E-state index in [-0.39, 0.29) is 6.10 Å². The third-order valence-corrected chi connectivity index (χ3v) is 6.08. The Hall–Kier alpha value is -3.71. The molecule has 1 saturated heterocycles. The van der Waals surface area contributed by atoms with Crippen LogP contribution in [0, 0.1) is 0 Å². The Morgan fingerprint density at radius 2 is 1.91 bits per heavy atom. The van der Waals surface area contributed by atoms with Crippen LogP contribution in [0.4, 0.5) is 0 Å². The predicted octanol–water partition coefficient (Wildman–Crippen LogP) is 4.74. The lowest BCUT2D eigenvalue weighted by Crippen LogP contribution is -2.26. The van der Waals surface area contributed by atoms with E-state index in [2.05, 4.69) is 50.4 Å². The lowest BCUT2D eigenvalue weighted by Gasteiger charge is -2.23. The number of nitrogens with one attached hydrogen (secondary N) is 1. The van der Waals surface area contributed by atoms with E-state index in [0.29, 0.717) is 5.88 Å². The molecule has 1 aliphatic rings. The second-order valence-electron chi connectivity index (χ2n) is 8.17. The lowest BCUT2D eigenvalue weighted by molar-refractivity contribution is 0.0244. The van der Waals surface area contributed by atoms with Crippen LogP contribution in [0.1, 0.15) is 12.8 Å². The highest BCUT2D eigenvalue weighted by Gasteiger charge is 2.19. The van der Waals surface area contributed by atoms with E-state index in [1.54, 1.807) is 4.68 Å². The number of hydrogen-bond acceptors (Lipinski definition) is 5. The predicted molar refractivity (Wildman–Crippen MR) is 124 cm³/mol. The second-order valence-corrected chi connectivity index (χ2v) is 8.17. The molecule has 6 rings (SSSR count). The fourth-order valence-electron chi connectivity index (χ4n) is 4.42. The van der Waals surface area contributed by atoms with Crippen molar-refractivity contribution in [2.45, 2.75) is 18.9 Å². The van der Waals surface area contributed by atoms with Crippen LogP contribution in [0.3, 0.4) is 0 Å². The van der Waals surface area contributed by atoms with E-state index in [0.717, 1.165) is 70.1 Å². The molecule has 32 heavy (non-hydrogen) atoms. The Morgan fingerprint density at radius 3 is 2.75 bits per heavy atom. The highest BCUT2D eigenvalue weighted by molar-refractivity contribution is 6.06. The molecular weight excluding hydrogens is 402 g/mol. The number of pyridine rings is 2. The minimum Gasteiger partial charge on any atom is -0.474 e. The number of nitrogens with zero attached hydrogens (tertiary/aromatic N) is 4. The summed E-state index contributed by atoms with van der Waals surface area (Å²) < 4.78 is 13.5. The molecule has 7 nitrogen and oxygen atoms in total. The van der Waals surface area contributed by atoms with Crippen LogP contribution in [0.2, 0.25) is 0 Å². The first kappa shape index (κ1) is 19.0. The Balaban J connectivity index is 1.46. The summed E-state index contributed by atoms with van der Waals surface area (Å²) in [4.78, 5) is 12.5. The summed E-state index contributed by atoms with van der Waals surface area (Å²) in [5.74, 6) is 0.685. The van der Waals surface area contributed by atoms with Crippen LogP contribution < -0.4 is 4.74 Å². The van der Waals surface area contributed by atoms with Crippen molar-refractivity contribution in [3.63, 3.8) is 0 Å². The van der Waals surface area contributed by atoms with Crippen molar-refractivity contribution in [3.8, 4) is 28.1 Å². The topological polar surface area (TPSA) is 77.9 Å². The highest BCUT2D eigenvalue weighted by atomic mass is 16.5. The Labute approximate surface area is 185 Å².